The number of hydrogen-bond acceptors (Lipinski definition) is 3. The van der Waals surface area contributed by atoms with Crippen LogP contribution in [-0.4, -0.2) is 25.3 Å². The molecule has 2 unspecified atom stereocenters. The van der Waals surface area contributed by atoms with Crippen molar-refractivity contribution in [2.24, 2.45) is 0 Å². The summed E-state index contributed by atoms with van der Waals surface area (Å²) in [6.45, 7) is 4.09. The zero-order valence-electron chi connectivity index (χ0n) is 10.7. The molecule has 0 spiro atoms. The van der Waals surface area contributed by atoms with Crippen LogP contribution in [0.25, 0.3) is 0 Å². The molecule has 1 aliphatic rings. The van der Waals surface area contributed by atoms with Gasteiger partial charge >= 0.3 is 0 Å². The standard InChI is InChI=1S/C14H23NO2/c1-12(6-7-14-5-3-10-17-14)15-13-4-2-9-16-11-8-13/h3,5,10,12-13,15H,2,4,6-9,11H2,1H3. The number of nitrogens with one attached hydrogen (secondary N) is 1. The van der Waals surface area contributed by atoms with Gasteiger partial charge in [0.05, 0.1) is 6.26 Å². The molecule has 0 aliphatic carbocycles. The maximum Gasteiger partial charge on any atom is 0.103 e. The van der Waals surface area contributed by atoms with Gasteiger partial charge < -0.3 is 14.5 Å². The molecule has 1 aromatic heterocycles. The smallest absolute Gasteiger partial charge is 0.103 e. The zero-order chi connectivity index (χ0) is 11.9. The fourth-order valence-electron chi connectivity index (χ4n) is 2.37. The zero-order valence-corrected chi connectivity index (χ0v) is 10.7. The van der Waals surface area contributed by atoms with Crippen LogP contribution in [0.4, 0.5) is 0 Å². The van der Waals surface area contributed by atoms with Gasteiger partial charge in [-0.3, -0.25) is 0 Å². The average molecular weight is 237 g/mol. The normalized spacial score (nSPS) is 23.2. The monoisotopic (exact) mass is 237 g/mol. The fourth-order valence-corrected chi connectivity index (χ4v) is 2.37. The molecular formula is C14H23NO2. The molecule has 1 aromatic rings. The van der Waals surface area contributed by atoms with E-state index in [4.69, 9.17) is 9.15 Å². The molecule has 0 aromatic carbocycles. The molecule has 1 fully saturated rings. The van der Waals surface area contributed by atoms with Gasteiger partial charge in [0, 0.05) is 31.7 Å². The van der Waals surface area contributed by atoms with Crippen LogP contribution < -0.4 is 5.32 Å². The van der Waals surface area contributed by atoms with E-state index in [0.29, 0.717) is 12.1 Å². The van der Waals surface area contributed by atoms with Crippen LogP contribution in [-0.2, 0) is 11.2 Å². The summed E-state index contributed by atoms with van der Waals surface area (Å²) in [5.74, 6) is 1.09. The summed E-state index contributed by atoms with van der Waals surface area (Å²) >= 11 is 0. The molecular weight excluding hydrogens is 214 g/mol. The maximum atomic E-state index is 5.47. The number of rotatable bonds is 5. The molecule has 96 valence electrons. The number of hydrogen-bond donors (Lipinski definition) is 1. The first-order valence-corrected chi connectivity index (χ1v) is 6.71. The van der Waals surface area contributed by atoms with Crippen molar-refractivity contribution in [2.75, 3.05) is 13.2 Å². The van der Waals surface area contributed by atoms with Gasteiger partial charge in [0.2, 0.25) is 0 Å². The van der Waals surface area contributed by atoms with E-state index in [1.54, 1.807) is 6.26 Å². The summed E-state index contributed by atoms with van der Waals surface area (Å²) in [6.07, 6.45) is 7.46. The van der Waals surface area contributed by atoms with Gasteiger partial charge in [0.1, 0.15) is 5.76 Å². The Bertz CT molecular complexity index is 289. The van der Waals surface area contributed by atoms with Crippen LogP contribution in [0.2, 0.25) is 0 Å². The van der Waals surface area contributed by atoms with Crippen molar-refractivity contribution in [3.8, 4) is 0 Å². The summed E-state index contributed by atoms with van der Waals surface area (Å²) in [5, 5.41) is 3.70. The van der Waals surface area contributed by atoms with Crippen molar-refractivity contribution in [3.63, 3.8) is 0 Å². The average Bonchev–Trinajstić information content (AvgIpc) is 2.72. The lowest BCUT2D eigenvalue weighted by Gasteiger charge is -2.21. The van der Waals surface area contributed by atoms with Crippen molar-refractivity contribution < 1.29 is 9.15 Å². The van der Waals surface area contributed by atoms with E-state index in [1.165, 1.54) is 12.8 Å². The van der Waals surface area contributed by atoms with E-state index in [0.717, 1.165) is 38.2 Å². The SMILES string of the molecule is CC(CCc1ccco1)NC1CCCOCC1. The first kappa shape index (κ1) is 12.7. The molecule has 2 rings (SSSR count). The van der Waals surface area contributed by atoms with Crippen LogP contribution in [0.3, 0.4) is 0 Å². The first-order valence-electron chi connectivity index (χ1n) is 6.71. The minimum absolute atomic E-state index is 0.545. The second-order valence-electron chi connectivity index (χ2n) is 4.93. The van der Waals surface area contributed by atoms with Crippen molar-refractivity contribution in [1.82, 2.24) is 5.32 Å². The molecule has 1 saturated heterocycles. The van der Waals surface area contributed by atoms with Crippen molar-refractivity contribution in [2.45, 2.75) is 51.1 Å². The highest BCUT2D eigenvalue weighted by molar-refractivity contribution is 4.98. The van der Waals surface area contributed by atoms with E-state index in [-0.39, 0.29) is 0 Å². The molecule has 0 bridgehead atoms. The lowest BCUT2D eigenvalue weighted by atomic mass is 10.1. The third-order valence-corrected chi connectivity index (χ3v) is 3.38. The van der Waals surface area contributed by atoms with Gasteiger partial charge in [-0.1, -0.05) is 0 Å². The Kier molecular flexibility index (Phi) is 5.08. The highest BCUT2D eigenvalue weighted by Gasteiger charge is 2.14. The van der Waals surface area contributed by atoms with Crippen LogP contribution in [0.15, 0.2) is 22.8 Å². The van der Waals surface area contributed by atoms with E-state index >= 15 is 0 Å². The molecule has 17 heavy (non-hydrogen) atoms. The highest BCUT2D eigenvalue weighted by atomic mass is 16.5. The summed E-state index contributed by atoms with van der Waals surface area (Å²) in [4.78, 5) is 0. The summed E-state index contributed by atoms with van der Waals surface area (Å²) in [7, 11) is 0. The molecule has 0 saturated carbocycles. The predicted octanol–water partition coefficient (Wildman–Crippen LogP) is 2.76. The van der Waals surface area contributed by atoms with Gasteiger partial charge in [0.25, 0.3) is 0 Å². The topological polar surface area (TPSA) is 34.4 Å². The fraction of sp³-hybridized carbons (Fsp3) is 0.714. The Balaban J connectivity index is 1.67. The minimum Gasteiger partial charge on any atom is -0.469 e. The predicted molar refractivity (Wildman–Crippen MR) is 68.1 cm³/mol. The van der Waals surface area contributed by atoms with Gasteiger partial charge in [-0.25, -0.2) is 0 Å². The molecule has 2 atom stereocenters. The second kappa shape index (κ2) is 6.82. The molecule has 0 radical (unpaired) electrons. The van der Waals surface area contributed by atoms with Gasteiger partial charge in [-0.2, -0.15) is 0 Å². The molecule has 3 nitrogen and oxygen atoms in total. The second-order valence-corrected chi connectivity index (χ2v) is 4.93. The largest absolute Gasteiger partial charge is 0.469 e. The maximum absolute atomic E-state index is 5.47. The van der Waals surface area contributed by atoms with Crippen LogP contribution in [0.1, 0.15) is 38.4 Å². The number of ether oxygens (including phenoxy) is 1. The molecule has 1 aliphatic heterocycles. The quantitative estimate of drug-likeness (QED) is 0.855. The Hall–Kier alpha value is -0.800. The third kappa shape index (κ3) is 4.52. The summed E-state index contributed by atoms with van der Waals surface area (Å²) in [5.41, 5.74) is 0. The Morgan fingerprint density at radius 3 is 3.18 bits per heavy atom. The van der Waals surface area contributed by atoms with Crippen LogP contribution in [0.5, 0.6) is 0 Å². The number of furan rings is 1. The molecule has 2 heterocycles. The third-order valence-electron chi connectivity index (χ3n) is 3.38. The summed E-state index contributed by atoms with van der Waals surface area (Å²) < 4.78 is 10.8. The minimum atomic E-state index is 0.545. The highest BCUT2D eigenvalue weighted by Crippen LogP contribution is 2.11. The van der Waals surface area contributed by atoms with E-state index < -0.39 is 0 Å². The summed E-state index contributed by atoms with van der Waals surface area (Å²) in [6, 6.07) is 5.18. The lowest BCUT2D eigenvalue weighted by molar-refractivity contribution is 0.142. The van der Waals surface area contributed by atoms with Crippen LogP contribution in [0, 0.1) is 0 Å². The van der Waals surface area contributed by atoms with Crippen LogP contribution >= 0.6 is 0 Å². The van der Waals surface area contributed by atoms with E-state index in [9.17, 15) is 0 Å². The van der Waals surface area contributed by atoms with E-state index in [2.05, 4.69) is 12.2 Å². The number of aryl methyl sites for hydroxylation is 1. The molecule has 3 heteroatoms. The first-order chi connectivity index (χ1) is 8.34. The Morgan fingerprint density at radius 1 is 1.41 bits per heavy atom. The van der Waals surface area contributed by atoms with Crippen molar-refractivity contribution >= 4 is 0 Å². The molecule has 0 amide bonds. The van der Waals surface area contributed by atoms with Gasteiger partial charge in [-0.15, -0.1) is 0 Å². The Labute approximate surface area is 104 Å². The lowest BCUT2D eigenvalue weighted by Crippen LogP contribution is -2.37. The Morgan fingerprint density at radius 2 is 2.35 bits per heavy atom. The van der Waals surface area contributed by atoms with Crippen molar-refractivity contribution in [1.29, 1.82) is 0 Å². The van der Waals surface area contributed by atoms with E-state index in [1.807, 2.05) is 12.1 Å². The van der Waals surface area contributed by atoms with Crippen molar-refractivity contribution in [3.05, 3.63) is 24.2 Å². The molecule has 1 N–H and O–H groups in total. The van der Waals surface area contributed by atoms with Gasteiger partial charge in [0.15, 0.2) is 0 Å². The van der Waals surface area contributed by atoms with Gasteiger partial charge in [-0.05, 0) is 44.7 Å².